The molecule has 1 aliphatic carbocycles. The van der Waals surface area contributed by atoms with Crippen LogP contribution in [0.1, 0.15) is 38.8 Å². The molecule has 2 aliphatic rings. The van der Waals surface area contributed by atoms with E-state index in [0.717, 1.165) is 43.2 Å². The maximum absolute atomic E-state index is 11.7. The second kappa shape index (κ2) is 8.42. The highest BCUT2D eigenvalue weighted by atomic mass is 32.1. The van der Waals surface area contributed by atoms with Gasteiger partial charge in [-0.25, -0.2) is 9.78 Å². The highest BCUT2D eigenvalue weighted by molar-refractivity contribution is 7.11. The van der Waals surface area contributed by atoms with Gasteiger partial charge in [0.15, 0.2) is 0 Å². The number of esters is 1. The molecule has 6 nitrogen and oxygen atoms in total. The molecule has 0 bridgehead atoms. The number of carbonyl (C=O) groups excluding carboxylic acids is 1. The van der Waals surface area contributed by atoms with Crippen LogP contribution in [0.4, 0.5) is 0 Å². The number of aryl methyl sites for hydroxylation is 2. The number of nitrogens with zero attached hydrogens (tertiary/aromatic N) is 2. The van der Waals surface area contributed by atoms with E-state index >= 15 is 0 Å². The summed E-state index contributed by atoms with van der Waals surface area (Å²) >= 11 is 1.78. The van der Waals surface area contributed by atoms with E-state index < -0.39 is 6.10 Å². The molecule has 0 spiro atoms. The molecule has 4 rings (SSSR count). The van der Waals surface area contributed by atoms with Crippen LogP contribution < -0.4 is 4.74 Å². The minimum atomic E-state index is -0.495. The van der Waals surface area contributed by atoms with Gasteiger partial charge in [0.1, 0.15) is 11.9 Å². The number of ether oxygens (including phenoxy) is 2. The van der Waals surface area contributed by atoms with Crippen molar-refractivity contribution in [2.75, 3.05) is 20.2 Å². The highest BCUT2D eigenvalue weighted by Crippen LogP contribution is 2.39. The van der Waals surface area contributed by atoms with Crippen LogP contribution in [0.25, 0.3) is 0 Å². The molecule has 0 amide bonds. The molecule has 1 saturated carbocycles. The van der Waals surface area contributed by atoms with E-state index in [-0.39, 0.29) is 12.1 Å². The number of carbonyl (C=O) groups is 1. The van der Waals surface area contributed by atoms with Crippen molar-refractivity contribution in [2.45, 2.75) is 45.4 Å². The van der Waals surface area contributed by atoms with Gasteiger partial charge in [0.2, 0.25) is 0 Å². The van der Waals surface area contributed by atoms with Gasteiger partial charge in [0.25, 0.3) is 0 Å². The lowest BCUT2D eigenvalue weighted by atomic mass is 9.78. The van der Waals surface area contributed by atoms with Crippen molar-refractivity contribution < 1.29 is 19.4 Å². The van der Waals surface area contributed by atoms with Gasteiger partial charge in [0.05, 0.1) is 29.5 Å². The Kier molecular flexibility index (Phi) is 5.90. The third kappa shape index (κ3) is 4.47. The molecule has 2 fully saturated rings. The van der Waals surface area contributed by atoms with Gasteiger partial charge in [-0.1, -0.05) is 6.07 Å². The number of thiazole rings is 1. The number of hydrogen-bond acceptors (Lipinski definition) is 7. The molecule has 1 aromatic carbocycles. The molecule has 2 heterocycles. The Hall–Kier alpha value is -1.96. The number of likely N-dealkylation sites (tertiary alicyclic amines) is 1. The van der Waals surface area contributed by atoms with E-state index in [9.17, 15) is 9.90 Å². The third-order valence-corrected chi connectivity index (χ3v) is 7.13. The Morgan fingerprint density at radius 2 is 2.03 bits per heavy atom. The first-order chi connectivity index (χ1) is 13.9. The molecule has 29 heavy (non-hydrogen) atoms. The van der Waals surface area contributed by atoms with E-state index in [1.807, 2.05) is 6.07 Å². The minimum Gasteiger partial charge on any atom is -0.488 e. The molecule has 1 aromatic heterocycles. The van der Waals surface area contributed by atoms with Gasteiger partial charge in [-0.3, -0.25) is 4.90 Å². The smallest absolute Gasteiger partial charge is 0.337 e. The summed E-state index contributed by atoms with van der Waals surface area (Å²) in [4.78, 5) is 20.1. The summed E-state index contributed by atoms with van der Waals surface area (Å²) in [7, 11) is 1.36. The Balaban J connectivity index is 1.39. The average molecular weight is 417 g/mol. The second-order valence-corrected chi connectivity index (χ2v) is 9.46. The Bertz CT molecular complexity index is 883. The van der Waals surface area contributed by atoms with Gasteiger partial charge in [-0.05, 0) is 56.7 Å². The first-order valence-electron chi connectivity index (χ1n) is 10.1. The SMILES string of the molecule is COC(=O)c1cccc(O[C@@H]2C[C@@H]3CN(Cc4sc(C)nc4C)C[C@@H]3C[C@H]2O)c1. The molecule has 4 atom stereocenters. The Morgan fingerprint density at radius 3 is 2.72 bits per heavy atom. The topological polar surface area (TPSA) is 71.9 Å². The lowest BCUT2D eigenvalue weighted by molar-refractivity contribution is -0.0231. The highest BCUT2D eigenvalue weighted by Gasteiger charge is 2.42. The minimum absolute atomic E-state index is 0.253. The zero-order valence-electron chi connectivity index (χ0n) is 17.1. The first-order valence-corrected chi connectivity index (χ1v) is 10.9. The summed E-state index contributed by atoms with van der Waals surface area (Å²) < 4.78 is 10.9. The van der Waals surface area contributed by atoms with Crippen molar-refractivity contribution in [3.05, 3.63) is 45.4 Å². The van der Waals surface area contributed by atoms with Crippen LogP contribution in [0.5, 0.6) is 5.75 Å². The number of hydrogen-bond donors (Lipinski definition) is 1. The predicted octanol–water partition coefficient (Wildman–Crippen LogP) is 3.20. The number of aromatic nitrogens is 1. The molecule has 7 heteroatoms. The predicted molar refractivity (Wildman–Crippen MR) is 111 cm³/mol. The number of fused-ring (bicyclic) bond motifs is 1. The van der Waals surface area contributed by atoms with Gasteiger partial charge in [0, 0.05) is 24.5 Å². The summed E-state index contributed by atoms with van der Waals surface area (Å²) in [6.45, 7) is 7.11. The summed E-state index contributed by atoms with van der Waals surface area (Å²) in [6, 6.07) is 6.97. The molecular formula is C22H28N2O4S. The van der Waals surface area contributed by atoms with E-state index in [0.29, 0.717) is 23.1 Å². The van der Waals surface area contributed by atoms with Crippen LogP contribution in [0, 0.1) is 25.7 Å². The lowest BCUT2D eigenvalue weighted by Crippen LogP contribution is -2.42. The maximum Gasteiger partial charge on any atom is 0.337 e. The summed E-state index contributed by atoms with van der Waals surface area (Å²) in [6.07, 6.45) is 0.830. The fourth-order valence-electron chi connectivity index (χ4n) is 4.66. The number of aliphatic hydroxyl groups excluding tert-OH is 1. The normalized spacial score (nSPS) is 26.9. The van der Waals surface area contributed by atoms with Crippen molar-refractivity contribution >= 4 is 17.3 Å². The van der Waals surface area contributed by atoms with Crippen LogP contribution in [0.3, 0.4) is 0 Å². The summed E-state index contributed by atoms with van der Waals surface area (Å²) in [5.41, 5.74) is 1.59. The number of methoxy groups -OCH3 is 1. The molecule has 156 valence electrons. The summed E-state index contributed by atoms with van der Waals surface area (Å²) in [5, 5.41) is 11.8. The van der Waals surface area contributed by atoms with Crippen molar-refractivity contribution in [1.29, 1.82) is 0 Å². The van der Waals surface area contributed by atoms with Crippen molar-refractivity contribution in [2.24, 2.45) is 11.8 Å². The van der Waals surface area contributed by atoms with Crippen LogP contribution >= 0.6 is 11.3 Å². The molecule has 1 N–H and O–H groups in total. The standard InChI is InChI=1S/C22H28N2O4S/c1-13-21(29-14(2)23-13)12-24-10-16-8-19(25)20(9-17(16)11-24)28-18-6-4-5-15(7-18)22(26)27-3/h4-7,16-17,19-20,25H,8-12H2,1-3H3/t16-,17+,19+,20+/m0/s1. The first kappa shape index (κ1) is 20.3. The quantitative estimate of drug-likeness (QED) is 0.755. The van der Waals surface area contributed by atoms with Gasteiger partial charge in [-0.2, -0.15) is 0 Å². The maximum atomic E-state index is 11.7. The average Bonchev–Trinajstić information content (AvgIpc) is 3.22. The van der Waals surface area contributed by atoms with E-state index in [1.54, 1.807) is 29.5 Å². The van der Waals surface area contributed by atoms with E-state index in [2.05, 4.69) is 23.7 Å². The summed E-state index contributed by atoms with van der Waals surface area (Å²) in [5.74, 6) is 1.22. The van der Waals surface area contributed by atoms with Crippen molar-refractivity contribution in [3.8, 4) is 5.75 Å². The zero-order chi connectivity index (χ0) is 20.5. The van der Waals surface area contributed by atoms with Crippen LogP contribution in [-0.2, 0) is 11.3 Å². The molecule has 0 unspecified atom stereocenters. The molecule has 1 aliphatic heterocycles. The number of aliphatic hydroxyl groups is 1. The van der Waals surface area contributed by atoms with Crippen LogP contribution in [0.15, 0.2) is 24.3 Å². The Morgan fingerprint density at radius 1 is 1.28 bits per heavy atom. The van der Waals surface area contributed by atoms with E-state index in [1.165, 1.54) is 12.0 Å². The fourth-order valence-corrected chi connectivity index (χ4v) is 5.64. The third-order valence-electron chi connectivity index (χ3n) is 6.07. The number of rotatable bonds is 5. The van der Waals surface area contributed by atoms with Gasteiger partial charge < -0.3 is 14.6 Å². The molecule has 2 aromatic rings. The zero-order valence-corrected chi connectivity index (χ0v) is 17.9. The fraction of sp³-hybridized carbons (Fsp3) is 0.545. The van der Waals surface area contributed by atoms with Crippen molar-refractivity contribution in [3.63, 3.8) is 0 Å². The lowest BCUT2D eigenvalue weighted by Gasteiger charge is -2.35. The van der Waals surface area contributed by atoms with Gasteiger partial charge >= 0.3 is 5.97 Å². The molecular weight excluding hydrogens is 388 g/mol. The van der Waals surface area contributed by atoms with Crippen LogP contribution in [-0.4, -0.2) is 53.4 Å². The number of benzene rings is 1. The monoisotopic (exact) mass is 416 g/mol. The van der Waals surface area contributed by atoms with E-state index in [4.69, 9.17) is 9.47 Å². The second-order valence-electron chi connectivity index (χ2n) is 8.17. The largest absolute Gasteiger partial charge is 0.488 e. The van der Waals surface area contributed by atoms with Crippen LogP contribution in [0.2, 0.25) is 0 Å². The van der Waals surface area contributed by atoms with Gasteiger partial charge in [-0.15, -0.1) is 11.3 Å². The van der Waals surface area contributed by atoms with Crippen molar-refractivity contribution in [1.82, 2.24) is 9.88 Å². The molecule has 0 radical (unpaired) electrons. The Labute approximate surface area is 175 Å². The molecule has 1 saturated heterocycles.